The Morgan fingerprint density at radius 1 is 0.619 bits per heavy atom. The summed E-state index contributed by atoms with van der Waals surface area (Å²) in [4.78, 5) is 1.25. The lowest BCUT2D eigenvalue weighted by atomic mass is 9.90. The van der Waals surface area contributed by atoms with Crippen LogP contribution in [0.25, 0.3) is 21.6 Å². The zero-order valence-electron chi connectivity index (χ0n) is 25.0. The van der Waals surface area contributed by atoms with Gasteiger partial charge < -0.3 is 0 Å². The van der Waals surface area contributed by atoms with Crippen LogP contribution in [-0.2, 0) is 0 Å². The monoisotopic (exact) mass is 650 g/mol. The van der Waals surface area contributed by atoms with Crippen molar-refractivity contribution in [3.8, 4) is 33.4 Å². The van der Waals surface area contributed by atoms with E-state index in [2.05, 4.69) is 22.9 Å². The molecule has 1 aromatic carbocycles. The highest BCUT2D eigenvalue weighted by Gasteiger charge is 2.80. The van der Waals surface area contributed by atoms with Crippen LogP contribution in [0.4, 0.5) is 26.3 Å². The largest absolute Gasteiger partial charge is 0.380 e. The van der Waals surface area contributed by atoms with Gasteiger partial charge in [0.05, 0.1) is 9.75 Å². The number of halogens is 6. The highest BCUT2D eigenvalue weighted by atomic mass is 32.1. The molecule has 0 radical (unpaired) electrons. The molecule has 0 amide bonds. The van der Waals surface area contributed by atoms with Crippen LogP contribution in [0.15, 0.2) is 30.3 Å². The van der Waals surface area contributed by atoms with Crippen molar-refractivity contribution in [3.05, 3.63) is 67.2 Å². The zero-order chi connectivity index (χ0) is 31.6. The molecular formula is C32H32F6S2Si2. The molecule has 0 nitrogen and oxygen atoms in total. The van der Waals surface area contributed by atoms with E-state index < -0.39 is 45.1 Å². The van der Waals surface area contributed by atoms with Crippen LogP contribution in [-0.4, -0.2) is 33.9 Å². The fourth-order valence-electron chi connectivity index (χ4n) is 4.79. The first-order chi connectivity index (χ1) is 19.1. The summed E-state index contributed by atoms with van der Waals surface area (Å²) in [6.07, 6.45) is 0. The summed E-state index contributed by atoms with van der Waals surface area (Å²) < 4.78 is 94.4. The van der Waals surface area contributed by atoms with Crippen LogP contribution >= 0.6 is 22.7 Å². The minimum atomic E-state index is -5.65. The molecule has 2 aromatic heterocycles. The van der Waals surface area contributed by atoms with Crippen molar-refractivity contribution in [3.63, 3.8) is 0 Å². The third-order valence-corrected chi connectivity index (χ3v) is 10.9. The third kappa shape index (κ3) is 5.48. The summed E-state index contributed by atoms with van der Waals surface area (Å²) in [6.45, 7) is 16.4. The van der Waals surface area contributed by atoms with Crippen molar-refractivity contribution in [2.45, 2.75) is 77.8 Å². The summed E-state index contributed by atoms with van der Waals surface area (Å²) in [6, 6.07) is 8.86. The number of alkyl halides is 6. The SMILES string of the molecule is Cc1sc(-c2ccccc2)c(C)c1C1=C(c2c(C#C[Si](C)(C)C)sc(C#C[Si](C)(C)C)c2C)C(F)(F)C(F)(F)C1(F)F. The summed E-state index contributed by atoms with van der Waals surface area (Å²) in [5.74, 6) is -9.98. The summed E-state index contributed by atoms with van der Waals surface area (Å²) in [5, 5.41) is 0. The Morgan fingerprint density at radius 2 is 1.10 bits per heavy atom. The fraction of sp³-hybridized carbons (Fsp3) is 0.375. The van der Waals surface area contributed by atoms with Gasteiger partial charge in [0.25, 0.3) is 0 Å². The Hall–Kier alpha value is -2.51. The second-order valence-electron chi connectivity index (χ2n) is 12.6. The number of hydrogen-bond donors (Lipinski definition) is 0. The van der Waals surface area contributed by atoms with Crippen molar-refractivity contribution in [2.75, 3.05) is 0 Å². The molecule has 0 atom stereocenters. The van der Waals surface area contributed by atoms with E-state index in [0.717, 1.165) is 22.7 Å². The van der Waals surface area contributed by atoms with Crippen molar-refractivity contribution < 1.29 is 26.3 Å². The minimum absolute atomic E-state index is 0.0595. The smallest absolute Gasteiger partial charge is 0.194 e. The minimum Gasteiger partial charge on any atom is -0.194 e. The lowest BCUT2D eigenvalue weighted by Gasteiger charge is -2.26. The van der Waals surface area contributed by atoms with E-state index in [1.54, 1.807) is 30.3 Å². The first-order valence-electron chi connectivity index (χ1n) is 13.4. The van der Waals surface area contributed by atoms with Gasteiger partial charge in [-0.3, -0.25) is 0 Å². The van der Waals surface area contributed by atoms with Crippen molar-refractivity contribution in [1.82, 2.24) is 0 Å². The van der Waals surface area contributed by atoms with E-state index in [-0.39, 0.29) is 32.0 Å². The molecule has 1 aliphatic rings. The van der Waals surface area contributed by atoms with Gasteiger partial charge in [-0.1, -0.05) is 81.5 Å². The average Bonchev–Trinajstić information content (AvgIpc) is 3.36. The lowest BCUT2D eigenvalue weighted by molar-refractivity contribution is -0.254. The van der Waals surface area contributed by atoms with Gasteiger partial charge in [-0.2, -0.15) is 26.3 Å². The van der Waals surface area contributed by atoms with Crippen LogP contribution in [0.3, 0.4) is 0 Å². The molecule has 10 heteroatoms. The summed E-state index contributed by atoms with van der Waals surface area (Å²) in [7, 11) is -3.98. The molecular weight excluding hydrogens is 619 g/mol. The Labute approximate surface area is 253 Å². The number of benzene rings is 1. The maximum absolute atomic E-state index is 16.0. The standard InChI is InChI=1S/C32H32F6S2Si2/c1-19-23(15-17-41(4,5)6)40-24(16-18-42(7,8)9)26(19)28-27(30(33,34)32(37,38)31(28,35)36)25-20(2)29(39-21(25)3)22-13-11-10-12-14-22/h10-14H,1-9H3. The highest BCUT2D eigenvalue weighted by Crippen LogP contribution is 2.66. The van der Waals surface area contributed by atoms with Crippen LogP contribution in [0.2, 0.25) is 39.3 Å². The molecule has 1 aliphatic carbocycles. The maximum Gasteiger partial charge on any atom is 0.380 e. The normalized spacial score (nSPS) is 17.5. The van der Waals surface area contributed by atoms with E-state index in [4.69, 9.17) is 0 Å². The van der Waals surface area contributed by atoms with Crippen molar-refractivity contribution in [2.24, 2.45) is 0 Å². The number of allylic oxidation sites excluding steroid dienone is 2. The second kappa shape index (κ2) is 10.6. The molecule has 0 bridgehead atoms. The molecule has 3 aromatic rings. The second-order valence-corrected chi connectivity index (χ2v) is 24.3. The Kier molecular flexibility index (Phi) is 8.17. The summed E-state index contributed by atoms with van der Waals surface area (Å²) >= 11 is 2.13. The highest BCUT2D eigenvalue weighted by molar-refractivity contribution is 7.16. The Bertz CT molecular complexity index is 1710. The van der Waals surface area contributed by atoms with Gasteiger partial charge in [0.2, 0.25) is 0 Å². The lowest BCUT2D eigenvalue weighted by Crippen LogP contribution is -2.49. The van der Waals surface area contributed by atoms with Gasteiger partial charge in [0, 0.05) is 32.0 Å². The predicted octanol–water partition coefficient (Wildman–Crippen LogP) is 10.7. The van der Waals surface area contributed by atoms with Gasteiger partial charge in [-0.05, 0) is 37.5 Å². The average molecular weight is 651 g/mol. The topological polar surface area (TPSA) is 0 Å². The molecule has 0 unspecified atom stereocenters. The molecule has 0 fully saturated rings. The molecule has 0 saturated carbocycles. The van der Waals surface area contributed by atoms with Crippen LogP contribution < -0.4 is 0 Å². The quantitative estimate of drug-likeness (QED) is 0.150. The molecule has 2 heterocycles. The van der Waals surface area contributed by atoms with Crippen LogP contribution in [0.1, 0.15) is 36.9 Å². The van der Waals surface area contributed by atoms with E-state index in [1.807, 2.05) is 39.3 Å². The molecule has 0 spiro atoms. The van der Waals surface area contributed by atoms with Crippen molar-refractivity contribution in [1.29, 1.82) is 0 Å². The van der Waals surface area contributed by atoms with Crippen molar-refractivity contribution >= 4 is 50.0 Å². The molecule has 42 heavy (non-hydrogen) atoms. The van der Waals surface area contributed by atoms with Gasteiger partial charge in [0.1, 0.15) is 16.1 Å². The fourth-order valence-corrected chi connectivity index (χ4v) is 8.16. The molecule has 4 rings (SSSR count). The van der Waals surface area contributed by atoms with Crippen LogP contribution in [0.5, 0.6) is 0 Å². The maximum atomic E-state index is 16.0. The van der Waals surface area contributed by atoms with E-state index >= 15 is 26.3 Å². The Balaban J connectivity index is 2.18. The number of hydrogen-bond acceptors (Lipinski definition) is 2. The molecule has 0 N–H and O–H groups in total. The number of aryl methyl sites for hydroxylation is 1. The van der Waals surface area contributed by atoms with Gasteiger partial charge in [-0.25, -0.2) is 0 Å². The zero-order valence-corrected chi connectivity index (χ0v) is 28.6. The number of thiophene rings is 2. The van der Waals surface area contributed by atoms with Gasteiger partial charge in [0.15, 0.2) is 0 Å². The van der Waals surface area contributed by atoms with E-state index in [0.29, 0.717) is 15.3 Å². The van der Waals surface area contributed by atoms with E-state index in [9.17, 15) is 0 Å². The van der Waals surface area contributed by atoms with Crippen LogP contribution in [0, 0.1) is 43.7 Å². The molecule has 0 aliphatic heterocycles. The summed E-state index contributed by atoms with van der Waals surface area (Å²) in [5.41, 5.74) is 4.10. The van der Waals surface area contributed by atoms with Gasteiger partial charge >= 0.3 is 17.8 Å². The predicted molar refractivity (Wildman–Crippen MR) is 170 cm³/mol. The van der Waals surface area contributed by atoms with Gasteiger partial charge in [-0.15, -0.1) is 33.8 Å². The number of rotatable bonds is 3. The molecule has 222 valence electrons. The first kappa shape index (κ1) is 32.4. The third-order valence-electron chi connectivity index (χ3n) is 6.77. The molecule has 0 saturated heterocycles. The Morgan fingerprint density at radius 3 is 1.60 bits per heavy atom. The first-order valence-corrected chi connectivity index (χ1v) is 22.0. The van der Waals surface area contributed by atoms with E-state index in [1.165, 1.54) is 20.8 Å².